The molecule has 0 unspecified atom stereocenters. The van der Waals surface area contributed by atoms with Gasteiger partial charge in [-0.25, -0.2) is 9.97 Å². The molecule has 0 atom stereocenters. The zero-order valence-electron chi connectivity index (χ0n) is 5.37. The number of rotatable bonds is 1. The second-order valence-electron chi connectivity index (χ2n) is 1.61. The Balaban J connectivity index is 2.67. The predicted octanol–water partition coefficient (Wildman–Crippen LogP) is 0.202. The summed E-state index contributed by atoms with van der Waals surface area (Å²) in [5, 5.41) is 0. The van der Waals surface area contributed by atoms with Gasteiger partial charge in [-0.1, -0.05) is 0 Å². The number of carbonyl (C=O) groups is 1. The van der Waals surface area contributed by atoms with Gasteiger partial charge in [0.2, 0.25) is 0 Å². The molecule has 0 saturated carbocycles. The summed E-state index contributed by atoms with van der Waals surface area (Å²) in [5.41, 5.74) is 0. The molecule has 0 amide bonds. The first kappa shape index (κ1) is 6.67. The average molecular weight is 137 g/mol. The largest absolute Gasteiger partial charge is 0.423 e. The zero-order valence-corrected chi connectivity index (χ0v) is 5.37. The third-order valence-electron chi connectivity index (χ3n) is 0.761. The summed E-state index contributed by atoms with van der Waals surface area (Å²) in [6, 6.07) is 0. The summed E-state index contributed by atoms with van der Waals surface area (Å²) in [5.74, 6) is -0.0407. The standard InChI is InChI=1S/C6H5N2O2/c1-5(9)10-6-2-7-4-8-3-6/h2-3H,1H3. The first-order valence-electron chi connectivity index (χ1n) is 2.65. The summed E-state index contributed by atoms with van der Waals surface area (Å²) in [6.07, 6.45) is 5.05. The fourth-order valence-electron chi connectivity index (χ4n) is 0.470. The maximum Gasteiger partial charge on any atom is 0.308 e. The highest BCUT2D eigenvalue weighted by Crippen LogP contribution is 2.02. The van der Waals surface area contributed by atoms with Crippen LogP contribution >= 0.6 is 0 Å². The van der Waals surface area contributed by atoms with E-state index in [1.807, 2.05) is 0 Å². The van der Waals surface area contributed by atoms with E-state index >= 15 is 0 Å². The summed E-state index contributed by atoms with van der Waals surface area (Å²) >= 11 is 0. The highest BCUT2D eigenvalue weighted by molar-refractivity contribution is 5.68. The molecule has 1 radical (unpaired) electrons. The molecule has 0 fully saturated rings. The molecular weight excluding hydrogens is 132 g/mol. The molecule has 0 aromatic carbocycles. The molecule has 1 aromatic rings. The Morgan fingerprint density at radius 3 is 2.70 bits per heavy atom. The zero-order chi connectivity index (χ0) is 7.40. The molecule has 51 valence electrons. The van der Waals surface area contributed by atoms with Gasteiger partial charge >= 0.3 is 5.97 Å². The van der Waals surface area contributed by atoms with E-state index in [0.717, 1.165) is 0 Å². The average Bonchev–Trinajstić information content (AvgIpc) is 1.88. The smallest absolute Gasteiger partial charge is 0.308 e. The molecular formula is C6H5N2O2. The molecule has 0 bridgehead atoms. The molecule has 0 spiro atoms. The van der Waals surface area contributed by atoms with Crippen molar-refractivity contribution in [2.24, 2.45) is 0 Å². The maximum atomic E-state index is 10.3. The predicted molar refractivity (Wildman–Crippen MR) is 32.2 cm³/mol. The quantitative estimate of drug-likeness (QED) is 0.519. The van der Waals surface area contributed by atoms with Crippen molar-refractivity contribution in [1.82, 2.24) is 9.97 Å². The van der Waals surface area contributed by atoms with Crippen LogP contribution in [0.2, 0.25) is 0 Å². The Hall–Kier alpha value is -1.45. The van der Waals surface area contributed by atoms with Gasteiger partial charge in [0.25, 0.3) is 0 Å². The van der Waals surface area contributed by atoms with Crippen LogP contribution in [0, 0.1) is 6.33 Å². The molecule has 1 rings (SSSR count). The van der Waals surface area contributed by atoms with Crippen molar-refractivity contribution >= 4 is 5.97 Å². The van der Waals surface area contributed by atoms with E-state index in [2.05, 4.69) is 21.0 Å². The molecule has 10 heavy (non-hydrogen) atoms. The summed E-state index contributed by atoms with van der Waals surface area (Å²) < 4.78 is 4.63. The van der Waals surface area contributed by atoms with Crippen LogP contribution in [-0.2, 0) is 4.79 Å². The van der Waals surface area contributed by atoms with Gasteiger partial charge in [0, 0.05) is 6.92 Å². The van der Waals surface area contributed by atoms with Crippen LogP contribution in [0.5, 0.6) is 5.75 Å². The summed E-state index contributed by atoms with van der Waals surface area (Å²) in [6.45, 7) is 1.32. The van der Waals surface area contributed by atoms with Gasteiger partial charge in [-0.05, 0) is 0 Å². The number of ether oxygens (including phenoxy) is 1. The van der Waals surface area contributed by atoms with Crippen LogP contribution < -0.4 is 4.74 Å². The van der Waals surface area contributed by atoms with Gasteiger partial charge in [0.15, 0.2) is 12.1 Å². The minimum absolute atomic E-state index is 0.339. The molecule has 4 heteroatoms. The fraction of sp³-hybridized carbons (Fsp3) is 0.167. The SMILES string of the molecule is CC(=O)Oc1cn[c]nc1. The van der Waals surface area contributed by atoms with Crippen molar-refractivity contribution in [3.63, 3.8) is 0 Å². The van der Waals surface area contributed by atoms with Crippen LogP contribution in [0.3, 0.4) is 0 Å². The van der Waals surface area contributed by atoms with Crippen molar-refractivity contribution in [3.8, 4) is 5.75 Å². The second-order valence-corrected chi connectivity index (χ2v) is 1.61. The van der Waals surface area contributed by atoms with Crippen molar-refractivity contribution in [1.29, 1.82) is 0 Å². The minimum Gasteiger partial charge on any atom is -0.423 e. The van der Waals surface area contributed by atoms with E-state index in [1.54, 1.807) is 0 Å². The first-order valence-corrected chi connectivity index (χ1v) is 2.65. The van der Waals surface area contributed by atoms with Crippen molar-refractivity contribution in [2.45, 2.75) is 6.92 Å². The van der Waals surface area contributed by atoms with E-state index < -0.39 is 0 Å². The Bertz CT molecular complexity index is 222. The van der Waals surface area contributed by atoms with Crippen molar-refractivity contribution < 1.29 is 9.53 Å². The highest BCUT2D eigenvalue weighted by atomic mass is 16.5. The van der Waals surface area contributed by atoms with Gasteiger partial charge in [-0.15, -0.1) is 0 Å². The van der Waals surface area contributed by atoms with Gasteiger partial charge in [0.05, 0.1) is 12.4 Å². The molecule has 0 aliphatic carbocycles. The van der Waals surface area contributed by atoms with Crippen LogP contribution in [0.4, 0.5) is 0 Å². The van der Waals surface area contributed by atoms with Crippen LogP contribution in [0.1, 0.15) is 6.92 Å². The number of carbonyl (C=O) groups excluding carboxylic acids is 1. The van der Waals surface area contributed by atoms with Crippen molar-refractivity contribution in [2.75, 3.05) is 0 Å². The minimum atomic E-state index is -0.380. The van der Waals surface area contributed by atoms with E-state index in [9.17, 15) is 4.79 Å². The highest BCUT2D eigenvalue weighted by Gasteiger charge is 1.95. The van der Waals surface area contributed by atoms with Crippen LogP contribution in [0.25, 0.3) is 0 Å². The lowest BCUT2D eigenvalue weighted by Gasteiger charge is -1.95. The lowest BCUT2D eigenvalue weighted by Crippen LogP contribution is -2.01. The van der Waals surface area contributed by atoms with Gasteiger partial charge < -0.3 is 4.74 Å². The van der Waals surface area contributed by atoms with E-state index in [1.165, 1.54) is 19.3 Å². The van der Waals surface area contributed by atoms with Crippen LogP contribution in [0.15, 0.2) is 12.4 Å². The molecule has 0 aliphatic rings. The van der Waals surface area contributed by atoms with E-state index in [4.69, 9.17) is 0 Å². The number of esters is 1. The first-order chi connectivity index (χ1) is 4.79. The Morgan fingerprint density at radius 1 is 1.60 bits per heavy atom. The number of nitrogens with zero attached hydrogens (tertiary/aromatic N) is 2. The van der Waals surface area contributed by atoms with Gasteiger partial charge in [-0.2, -0.15) is 0 Å². The molecule has 0 aliphatic heterocycles. The normalized spacial score (nSPS) is 8.90. The maximum absolute atomic E-state index is 10.3. The lowest BCUT2D eigenvalue weighted by molar-refractivity contribution is -0.131. The topological polar surface area (TPSA) is 52.1 Å². The molecule has 0 N–H and O–H groups in total. The van der Waals surface area contributed by atoms with Crippen LogP contribution in [-0.4, -0.2) is 15.9 Å². The third kappa shape index (κ3) is 1.81. The summed E-state index contributed by atoms with van der Waals surface area (Å²) in [4.78, 5) is 17.4. The molecule has 0 saturated heterocycles. The lowest BCUT2D eigenvalue weighted by atomic mass is 10.6. The Morgan fingerprint density at radius 2 is 2.20 bits per heavy atom. The van der Waals surface area contributed by atoms with Gasteiger partial charge in [-0.3, -0.25) is 4.79 Å². The Labute approximate surface area is 57.9 Å². The molecule has 4 nitrogen and oxygen atoms in total. The fourth-order valence-corrected chi connectivity index (χ4v) is 0.470. The molecule has 1 heterocycles. The second kappa shape index (κ2) is 2.91. The van der Waals surface area contributed by atoms with Gasteiger partial charge in [0.1, 0.15) is 0 Å². The molecule has 1 aromatic heterocycles. The Kier molecular flexibility index (Phi) is 1.94. The number of hydrogen-bond donors (Lipinski definition) is 0. The number of hydrogen-bond acceptors (Lipinski definition) is 4. The van der Waals surface area contributed by atoms with E-state index in [-0.39, 0.29) is 5.97 Å². The summed E-state index contributed by atoms with van der Waals surface area (Å²) in [7, 11) is 0. The monoisotopic (exact) mass is 137 g/mol. The number of aromatic nitrogens is 2. The van der Waals surface area contributed by atoms with Crippen molar-refractivity contribution in [3.05, 3.63) is 18.7 Å². The third-order valence-corrected chi connectivity index (χ3v) is 0.761. The van der Waals surface area contributed by atoms with E-state index in [0.29, 0.717) is 5.75 Å².